The molecule has 2 aromatic carbocycles. The number of hydrogen-bond acceptors (Lipinski definition) is 5. The van der Waals surface area contributed by atoms with Crippen molar-refractivity contribution in [2.45, 2.75) is 39.2 Å². The van der Waals surface area contributed by atoms with E-state index < -0.39 is 11.9 Å². The summed E-state index contributed by atoms with van der Waals surface area (Å²) in [6.07, 6.45) is 2.60. The third-order valence-corrected chi connectivity index (χ3v) is 7.27. The number of imide groups is 1. The molecule has 1 aliphatic carbocycles. The maximum absolute atomic E-state index is 12.9. The highest BCUT2D eigenvalue weighted by atomic mass is 16.5. The number of ether oxygens (including phenoxy) is 1. The number of benzene rings is 2. The van der Waals surface area contributed by atoms with Crippen molar-refractivity contribution in [2.75, 3.05) is 11.4 Å². The molecule has 176 valence electrons. The first-order chi connectivity index (χ1) is 16.4. The summed E-state index contributed by atoms with van der Waals surface area (Å²) in [5.74, 6) is -0.981. The van der Waals surface area contributed by atoms with Crippen LogP contribution < -0.4 is 9.64 Å². The van der Waals surface area contributed by atoms with Crippen LogP contribution in [0.15, 0.2) is 54.6 Å². The van der Waals surface area contributed by atoms with Crippen LogP contribution in [0.25, 0.3) is 0 Å². The minimum Gasteiger partial charge on any atom is -0.426 e. The zero-order valence-electron chi connectivity index (χ0n) is 19.2. The van der Waals surface area contributed by atoms with Crippen LogP contribution in [-0.2, 0) is 25.7 Å². The van der Waals surface area contributed by atoms with E-state index in [0.717, 1.165) is 24.8 Å². The summed E-state index contributed by atoms with van der Waals surface area (Å²) in [6, 6.07) is 16.1. The average molecular weight is 461 g/mol. The van der Waals surface area contributed by atoms with Crippen molar-refractivity contribution >= 4 is 29.4 Å². The van der Waals surface area contributed by atoms with Gasteiger partial charge in [-0.1, -0.05) is 37.3 Å². The largest absolute Gasteiger partial charge is 0.426 e. The molecule has 0 unspecified atom stereocenters. The highest BCUT2D eigenvalue weighted by molar-refractivity contribution is 6.22. The van der Waals surface area contributed by atoms with Gasteiger partial charge in [0.05, 0.1) is 23.4 Å². The van der Waals surface area contributed by atoms with E-state index in [0.29, 0.717) is 30.4 Å². The van der Waals surface area contributed by atoms with Crippen LogP contribution in [0, 0.1) is 23.7 Å². The molecule has 4 atom stereocenters. The van der Waals surface area contributed by atoms with Gasteiger partial charge in [-0.3, -0.25) is 24.1 Å². The summed E-state index contributed by atoms with van der Waals surface area (Å²) >= 11 is 0. The van der Waals surface area contributed by atoms with Crippen molar-refractivity contribution in [1.29, 1.82) is 0 Å². The summed E-state index contributed by atoms with van der Waals surface area (Å²) in [4.78, 5) is 53.8. The Morgan fingerprint density at radius 1 is 0.941 bits per heavy atom. The number of carbonyl (C=O) groups is 4. The smallest absolute Gasteiger partial charge is 0.316 e. The number of rotatable bonds is 5. The highest BCUT2D eigenvalue weighted by Crippen LogP contribution is 2.42. The molecule has 0 spiro atoms. The lowest BCUT2D eigenvalue weighted by Crippen LogP contribution is -2.30. The van der Waals surface area contributed by atoms with Crippen molar-refractivity contribution in [3.05, 3.63) is 60.2 Å². The molecule has 7 nitrogen and oxygen atoms in total. The number of esters is 1. The molecule has 2 aliphatic heterocycles. The molecular formula is C27H28N2O5. The van der Waals surface area contributed by atoms with Gasteiger partial charge in [-0.15, -0.1) is 0 Å². The Morgan fingerprint density at radius 2 is 1.65 bits per heavy atom. The van der Waals surface area contributed by atoms with Gasteiger partial charge < -0.3 is 9.64 Å². The molecule has 0 N–H and O–H groups in total. The standard InChI is InChI=1S/C27H28N2O5/c1-17-7-12-22-23(13-17)26(32)29(25(22)31)20-8-10-21(11-9-20)34-27(33)19-14-24(30)28(16-19)15-18-5-3-2-4-6-18/h2-6,8-11,17,19,22-23H,7,12-16H2,1H3/t17-,19-,22+,23-/m1/s1. The molecule has 34 heavy (non-hydrogen) atoms. The molecule has 1 saturated carbocycles. The summed E-state index contributed by atoms with van der Waals surface area (Å²) in [6.45, 7) is 2.91. The zero-order valence-corrected chi connectivity index (χ0v) is 19.2. The van der Waals surface area contributed by atoms with E-state index in [-0.39, 0.29) is 36.0 Å². The minimum absolute atomic E-state index is 0.0667. The minimum atomic E-state index is -0.525. The van der Waals surface area contributed by atoms with Crippen molar-refractivity contribution in [1.82, 2.24) is 4.90 Å². The van der Waals surface area contributed by atoms with E-state index in [9.17, 15) is 19.2 Å². The van der Waals surface area contributed by atoms with Crippen molar-refractivity contribution in [2.24, 2.45) is 23.7 Å². The van der Waals surface area contributed by atoms with Crippen LogP contribution in [0.4, 0.5) is 5.69 Å². The molecule has 3 fully saturated rings. The number of amides is 3. The Hall–Kier alpha value is -3.48. The van der Waals surface area contributed by atoms with Crippen LogP contribution in [0.5, 0.6) is 5.75 Å². The van der Waals surface area contributed by atoms with Gasteiger partial charge in [0.2, 0.25) is 17.7 Å². The second-order valence-electron chi connectivity index (χ2n) is 9.72. The maximum atomic E-state index is 12.9. The zero-order chi connectivity index (χ0) is 23.8. The fraction of sp³-hybridized carbons (Fsp3) is 0.407. The Kier molecular flexibility index (Phi) is 5.94. The number of nitrogens with zero attached hydrogens (tertiary/aromatic N) is 2. The molecule has 2 heterocycles. The fourth-order valence-electron chi connectivity index (χ4n) is 5.39. The molecule has 2 aromatic rings. The summed E-state index contributed by atoms with van der Waals surface area (Å²) in [5, 5.41) is 0. The first-order valence-corrected chi connectivity index (χ1v) is 11.9. The fourth-order valence-corrected chi connectivity index (χ4v) is 5.39. The molecule has 7 heteroatoms. The Labute approximate surface area is 198 Å². The quantitative estimate of drug-likeness (QED) is 0.387. The Bertz CT molecular complexity index is 1110. The Balaban J connectivity index is 1.21. The Morgan fingerprint density at radius 3 is 2.38 bits per heavy atom. The lowest BCUT2D eigenvalue weighted by molar-refractivity contribution is -0.139. The first kappa shape index (κ1) is 22.3. The molecule has 0 bridgehead atoms. The second-order valence-corrected chi connectivity index (χ2v) is 9.72. The SMILES string of the molecule is C[C@@H]1CC[C@@H]2C(=O)N(c3ccc(OC(=O)[C@@H]4CC(=O)N(Cc5ccccc5)C4)cc3)C(=O)[C@@H]2C1. The molecular weight excluding hydrogens is 432 g/mol. The molecule has 3 amide bonds. The third kappa shape index (κ3) is 4.22. The number of likely N-dealkylation sites (tertiary alicyclic amines) is 1. The molecule has 0 radical (unpaired) electrons. The van der Waals surface area contributed by atoms with E-state index in [4.69, 9.17) is 4.74 Å². The lowest BCUT2D eigenvalue weighted by Gasteiger charge is -2.25. The average Bonchev–Trinajstić information content (AvgIpc) is 3.32. The number of carbonyl (C=O) groups excluding carboxylic acids is 4. The predicted octanol–water partition coefficient (Wildman–Crippen LogP) is 3.57. The van der Waals surface area contributed by atoms with Gasteiger partial charge in [-0.25, -0.2) is 0 Å². The van der Waals surface area contributed by atoms with E-state index >= 15 is 0 Å². The monoisotopic (exact) mass is 460 g/mol. The molecule has 2 saturated heterocycles. The summed E-state index contributed by atoms with van der Waals surface area (Å²) in [5.41, 5.74) is 1.52. The predicted molar refractivity (Wildman–Crippen MR) is 125 cm³/mol. The van der Waals surface area contributed by atoms with E-state index in [1.807, 2.05) is 30.3 Å². The maximum Gasteiger partial charge on any atom is 0.316 e. The van der Waals surface area contributed by atoms with Gasteiger partial charge in [-0.05, 0) is 55.0 Å². The van der Waals surface area contributed by atoms with Gasteiger partial charge in [0.1, 0.15) is 5.75 Å². The summed E-state index contributed by atoms with van der Waals surface area (Å²) < 4.78 is 5.52. The first-order valence-electron chi connectivity index (χ1n) is 11.9. The van der Waals surface area contributed by atoms with Crippen LogP contribution >= 0.6 is 0 Å². The van der Waals surface area contributed by atoms with Gasteiger partial charge in [0.25, 0.3) is 0 Å². The number of anilines is 1. The van der Waals surface area contributed by atoms with Gasteiger partial charge in [0, 0.05) is 19.5 Å². The van der Waals surface area contributed by atoms with Crippen LogP contribution in [0.2, 0.25) is 0 Å². The molecule has 0 aromatic heterocycles. The van der Waals surface area contributed by atoms with Crippen LogP contribution in [0.3, 0.4) is 0 Å². The normalized spacial score (nSPS) is 26.7. The summed E-state index contributed by atoms with van der Waals surface area (Å²) in [7, 11) is 0. The second kappa shape index (κ2) is 9.05. The van der Waals surface area contributed by atoms with Gasteiger partial charge >= 0.3 is 5.97 Å². The van der Waals surface area contributed by atoms with Gasteiger partial charge in [-0.2, -0.15) is 0 Å². The molecule has 3 aliphatic rings. The van der Waals surface area contributed by atoms with Crippen molar-refractivity contribution < 1.29 is 23.9 Å². The van der Waals surface area contributed by atoms with Gasteiger partial charge in [0.15, 0.2) is 0 Å². The van der Waals surface area contributed by atoms with Crippen molar-refractivity contribution in [3.8, 4) is 5.75 Å². The third-order valence-electron chi connectivity index (χ3n) is 7.27. The van der Waals surface area contributed by atoms with Crippen LogP contribution in [-0.4, -0.2) is 35.1 Å². The van der Waals surface area contributed by atoms with Crippen LogP contribution in [0.1, 0.15) is 38.2 Å². The lowest BCUT2D eigenvalue weighted by atomic mass is 9.76. The number of fused-ring (bicyclic) bond motifs is 1. The van der Waals surface area contributed by atoms with E-state index in [2.05, 4.69) is 6.92 Å². The topological polar surface area (TPSA) is 84.0 Å². The number of hydrogen-bond donors (Lipinski definition) is 0. The van der Waals surface area contributed by atoms with E-state index in [1.54, 1.807) is 29.2 Å². The highest BCUT2D eigenvalue weighted by Gasteiger charge is 2.50. The van der Waals surface area contributed by atoms with E-state index in [1.165, 1.54) is 4.90 Å². The molecule has 5 rings (SSSR count). The van der Waals surface area contributed by atoms with Crippen molar-refractivity contribution in [3.63, 3.8) is 0 Å².